The van der Waals surface area contributed by atoms with E-state index in [2.05, 4.69) is 10.1 Å². The molecular formula is C11H14N4O. The number of benzene rings is 1. The first kappa shape index (κ1) is 10.5. The van der Waals surface area contributed by atoms with Crippen molar-refractivity contribution >= 4 is 11.6 Å². The lowest BCUT2D eigenvalue weighted by Crippen LogP contribution is -2.10. The molecule has 0 fully saturated rings. The van der Waals surface area contributed by atoms with Crippen LogP contribution >= 0.6 is 0 Å². The molecule has 1 heterocycles. The molecule has 0 radical (unpaired) electrons. The fourth-order valence-electron chi connectivity index (χ4n) is 1.32. The highest BCUT2D eigenvalue weighted by molar-refractivity contribution is 5.61. The summed E-state index contributed by atoms with van der Waals surface area (Å²) in [6.07, 6.45) is 0. The van der Waals surface area contributed by atoms with Gasteiger partial charge in [-0.05, 0) is 35.8 Å². The highest BCUT2D eigenvalue weighted by atomic mass is 16.5. The molecule has 0 saturated heterocycles. The summed E-state index contributed by atoms with van der Waals surface area (Å²) < 4.78 is 5.16. The summed E-state index contributed by atoms with van der Waals surface area (Å²) in [5.41, 5.74) is 8.39. The molecule has 5 heteroatoms. The van der Waals surface area contributed by atoms with E-state index in [-0.39, 0.29) is 0 Å². The molecular weight excluding hydrogens is 204 g/mol. The lowest BCUT2D eigenvalue weighted by Gasteiger charge is -2.03. The Bertz CT molecular complexity index is 504. The highest BCUT2D eigenvalue weighted by Crippen LogP contribution is 2.23. The van der Waals surface area contributed by atoms with Gasteiger partial charge in [-0.2, -0.15) is 4.98 Å². The van der Waals surface area contributed by atoms with Crippen LogP contribution in [0, 0.1) is 6.92 Å². The van der Waals surface area contributed by atoms with Crippen molar-refractivity contribution in [3.8, 4) is 11.5 Å². The second-order valence-electron chi connectivity index (χ2n) is 3.87. The standard InChI is InChI=1S/C11H14N4O/c1-7-6-8(4-5-9(7)12)10-13-11(14-16-10)15(2)3/h4-6H,12H2,1-3H3. The SMILES string of the molecule is Cc1cc(-c2nc(N(C)C)no2)ccc1N. The number of hydrogen-bond donors (Lipinski definition) is 1. The van der Waals surface area contributed by atoms with Crippen LogP contribution in [0.1, 0.15) is 5.56 Å². The molecule has 2 aromatic rings. The fraction of sp³-hybridized carbons (Fsp3) is 0.273. The van der Waals surface area contributed by atoms with Gasteiger partial charge in [-0.25, -0.2) is 0 Å². The van der Waals surface area contributed by atoms with Crippen LogP contribution in [0.5, 0.6) is 0 Å². The minimum Gasteiger partial charge on any atom is -0.399 e. The summed E-state index contributed by atoms with van der Waals surface area (Å²) in [4.78, 5) is 6.05. The van der Waals surface area contributed by atoms with E-state index in [0.29, 0.717) is 11.8 Å². The Balaban J connectivity index is 2.39. The molecule has 1 aromatic carbocycles. The van der Waals surface area contributed by atoms with Crippen LogP contribution in [0.2, 0.25) is 0 Å². The lowest BCUT2D eigenvalue weighted by molar-refractivity contribution is 0.431. The third-order valence-electron chi connectivity index (χ3n) is 2.33. The molecule has 0 saturated carbocycles. The molecule has 16 heavy (non-hydrogen) atoms. The van der Waals surface area contributed by atoms with Gasteiger partial charge in [0.25, 0.3) is 11.8 Å². The number of rotatable bonds is 2. The van der Waals surface area contributed by atoms with Crippen molar-refractivity contribution in [2.24, 2.45) is 0 Å². The smallest absolute Gasteiger partial charge is 0.265 e. The molecule has 0 aliphatic carbocycles. The van der Waals surface area contributed by atoms with Crippen molar-refractivity contribution in [1.82, 2.24) is 10.1 Å². The van der Waals surface area contributed by atoms with E-state index in [0.717, 1.165) is 16.8 Å². The number of anilines is 2. The van der Waals surface area contributed by atoms with Gasteiger partial charge >= 0.3 is 0 Å². The van der Waals surface area contributed by atoms with Crippen molar-refractivity contribution < 1.29 is 4.52 Å². The molecule has 2 N–H and O–H groups in total. The Labute approximate surface area is 93.9 Å². The van der Waals surface area contributed by atoms with E-state index in [1.807, 2.05) is 39.2 Å². The van der Waals surface area contributed by atoms with Gasteiger partial charge in [0.15, 0.2) is 0 Å². The quantitative estimate of drug-likeness (QED) is 0.777. The molecule has 0 aliphatic heterocycles. The molecule has 0 aliphatic rings. The Morgan fingerprint density at radius 3 is 2.62 bits per heavy atom. The zero-order chi connectivity index (χ0) is 11.7. The molecule has 0 unspecified atom stereocenters. The topological polar surface area (TPSA) is 68.2 Å². The average Bonchev–Trinajstić information content (AvgIpc) is 2.71. The Kier molecular flexibility index (Phi) is 2.52. The van der Waals surface area contributed by atoms with Crippen molar-refractivity contribution in [3.05, 3.63) is 23.8 Å². The molecule has 0 bridgehead atoms. The Morgan fingerprint density at radius 2 is 2.06 bits per heavy atom. The van der Waals surface area contributed by atoms with Gasteiger partial charge in [-0.3, -0.25) is 0 Å². The van der Waals surface area contributed by atoms with Crippen LogP contribution in [0.15, 0.2) is 22.7 Å². The average molecular weight is 218 g/mol. The van der Waals surface area contributed by atoms with E-state index in [1.54, 1.807) is 4.90 Å². The van der Waals surface area contributed by atoms with Gasteiger partial charge in [0.2, 0.25) is 0 Å². The number of nitrogen functional groups attached to an aromatic ring is 1. The van der Waals surface area contributed by atoms with E-state index in [4.69, 9.17) is 10.3 Å². The predicted molar refractivity (Wildman–Crippen MR) is 63.2 cm³/mol. The first-order chi connectivity index (χ1) is 7.58. The Hall–Kier alpha value is -2.04. The minimum absolute atomic E-state index is 0.506. The highest BCUT2D eigenvalue weighted by Gasteiger charge is 2.10. The number of nitrogens with zero attached hydrogens (tertiary/aromatic N) is 3. The maximum Gasteiger partial charge on any atom is 0.265 e. The molecule has 5 nitrogen and oxygen atoms in total. The van der Waals surface area contributed by atoms with Gasteiger partial charge in [0.05, 0.1) is 0 Å². The fourth-order valence-corrected chi connectivity index (χ4v) is 1.32. The van der Waals surface area contributed by atoms with Crippen molar-refractivity contribution in [2.75, 3.05) is 24.7 Å². The first-order valence-corrected chi connectivity index (χ1v) is 4.95. The van der Waals surface area contributed by atoms with E-state index in [9.17, 15) is 0 Å². The number of aryl methyl sites for hydroxylation is 1. The predicted octanol–water partition coefficient (Wildman–Crippen LogP) is 1.69. The number of aromatic nitrogens is 2. The van der Waals surface area contributed by atoms with Crippen molar-refractivity contribution in [1.29, 1.82) is 0 Å². The zero-order valence-electron chi connectivity index (χ0n) is 9.56. The largest absolute Gasteiger partial charge is 0.399 e. The summed E-state index contributed by atoms with van der Waals surface area (Å²) in [5.74, 6) is 1.07. The second-order valence-corrected chi connectivity index (χ2v) is 3.87. The van der Waals surface area contributed by atoms with E-state index in [1.165, 1.54) is 0 Å². The lowest BCUT2D eigenvalue weighted by atomic mass is 10.1. The minimum atomic E-state index is 0.506. The molecule has 0 spiro atoms. The summed E-state index contributed by atoms with van der Waals surface area (Å²) in [6, 6.07) is 5.64. The number of nitrogens with two attached hydrogens (primary N) is 1. The van der Waals surface area contributed by atoms with E-state index < -0.39 is 0 Å². The van der Waals surface area contributed by atoms with Crippen LogP contribution < -0.4 is 10.6 Å². The molecule has 0 amide bonds. The van der Waals surface area contributed by atoms with Crippen LogP contribution in [0.25, 0.3) is 11.5 Å². The summed E-state index contributed by atoms with van der Waals surface area (Å²) in [7, 11) is 3.73. The van der Waals surface area contributed by atoms with Crippen LogP contribution in [0.4, 0.5) is 11.6 Å². The van der Waals surface area contributed by atoms with Crippen molar-refractivity contribution in [2.45, 2.75) is 6.92 Å². The van der Waals surface area contributed by atoms with Crippen LogP contribution in [-0.2, 0) is 0 Å². The maximum absolute atomic E-state index is 5.75. The Morgan fingerprint density at radius 1 is 1.31 bits per heavy atom. The third kappa shape index (κ3) is 1.84. The maximum atomic E-state index is 5.75. The van der Waals surface area contributed by atoms with Gasteiger partial charge < -0.3 is 15.2 Å². The first-order valence-electron chi connectivity index (χ1n) is 4.95. The summed E-state index contributed by atoms with van der Waals surface area (Å²) in [6.45, 7) is 1.95. The second kappa shape index (κ2) is 3.84. The molecule has 2 rings (SSSR count). The van der Waals surface area contributed by atoms with Gasteiger partial charge in [-0.15, -0.1) is 0 Å². The zero-order valence-corrected chi connectivity index (χ0v) is 9.56. The van der Waals surface area contributed by atoms with Gasteiger partial charge in [0.1, 0.15) is 0 Å². The van der Waals surface area contributed by atoms with Gasteiger partial charge in [-0.1, -0.05) is 0 Å². The molecule has 0 atom stereocenters. The third-order valence-corrected chi connectivity index (χ3v) is 2.33. The van der Waals surface area contributed by atoms with E-state index >= 15 is 0 Å². The van der Waals surface area contributed by atoms with Crippen molar-refractivity contribution in [3.63, 3.8) is 0 Å². The normalized spacial score (nSPS) is 10.4. The molecule has 1 aromatic heterocycles. The number of hydrogen-bond acceptors (Lipinski definition) is 5. The summed E-state index contributed by atoms with van der Waals surface area (Å²) in [5, 5.41) is 3.85. The molecule has 84 valence electrons. The monoisotopic (exact) mass is 218 g/mol. The van der Waals surface area contributed by atoms with Crippen LogP contribution in [-0.4, -0.2) is 24.2 Å². The summed E-state index contributed by atoms with van der Waals surface area (Å²) >= 11 is 0. The van der Waals surface area contributed by atoms with Crippen LogP contribution in [0.3, 0.4) is 0 Å². The van der Waals surface area contributed by atoms with Gasteiger partial charge in [0, 0.05) is 25.3 Å².